The minimum atomic E-state index is 0.246. The second-order valence-corrected chi connectivity index (χ2v) is 5.05. The summed E-state index contributed by atoms with van der Waals surface area (Å²) in [5, 5.41) is 0.670. The molecule has 3 aromatic rings. The zero-order valence-corrected chi connectivity index (χ0v) is 12.0. The van der Waals surface area contributed by atoms with Crippen molar-refractivity contribution < 1.29 is 9.15 Å². The maximum Gasteiger partial charge on any atom is 0.235 e. The maximum atomic E-state index is 5.80. The molecule has 3 rings (SSSR count). The molecule has 0 aliphatic carbocycles. The molecule has 0 saturated heterocycles. The van der Waals surface area contributed by atoms with Gasteiger partial charge in [0.15, 0.2) is 17.8 Å². The van der Waals surface area contributed by atoms with Gasteiger partial charge in [0.05, 0.1) is 0 Å². The van der Waals surface area contributed by atoms with E-state index >= 15 is 0 Å². The van der Waals surface area contributed by atoms with Crippen molar-refractivity contribution in [2.75, 3.05) is 0 Å². The van der Waals surface area contributed by atoms with Crippen molar-refractivity contribution >= 4 is 38.8 Å². The van der Waals surface area contributed by atoms with Crippen LogP contribution in [0.15, 0.2) is 45.4 Å². The molecule has 0 amide bonds. The molecule has 2 aromatic heterocycles. The second-order valence-electron chi connectivity index (χ2n) is 3.81. The molecule has 0 fully saturated rings. The van der Waals surface area contributed by atoms with Gasteiger partial charge in [-0.05, 0) is 52.3 Å². The summed E-state index contributed by atoms with van der Waals surface area (Å²) in [6.07, 6.45) is 0. The largest absolute Gasteiger partial charge is 0.484 e. The Hall–Kier alpha value is -1.59. The Balaban J connectivity index is 1.76. The van der Waals surface area contributed by atoms with Crippen LogP contribution in [0.1, 0.15) is 5.89 Å². The van der Waals surface area contributed by atoms with Gasteiger partial charge in [0, 0.05) is 5.02 Å². The first-order chi connectivity index (χ1) is 9.20. The molecule has 0 bridgehead atoms. The number of aromatic nitrogens is 2. The highest BCUT2D eigenvalue weighted by molar-refractivity contribution is 9.10. The molecule has 0 radical (unpaired) electrons. The van der Waals surface area contributed by atoms with Crippen LogP contribution in [0.25, 0.3) is 11.2 Å². The standard InChI is InChI=1S/C13H8BrClN2O2/c14-11-6-5-10-13(16-11)17-12(19-10)7-18-9-3-1-8(15)2-4-9/h1-6H,7H2. The van der Waals surface area contributed by atoms with Gasteiger partial charge in [-0.1, -0.05) is 11.6 Å². The molecule has 6 heteroatoms. The number of oxazole rings is 1. The molecule has 0 N–H and O–H groups in total. The van der Waals surface area contributed by atoms with Crippen molar-refractivity contribution in [2.24, 2.45) is 0 Å². The van der Waals surface area contributed by atoms with E-state index in [1.54, 1.807) is 30.3 Å². The molecule has 19 heavy (non-hydrogen) atoms. The molecule has 1 aromatic carbocycles. The third-order valence-corrected chi connectivity index (χ3v) is 3.13. The number of benzene rings is 1. The molecule has 0 saturated carbocycles. The minimum absolute atomic E-state index is 0.246. The van der Waals surface area contributed by atoms with Gasteiger partial charge in [0.25, 0.3) is 0 Å². The number of hydrogen-bond donors (Lipinski definition) is 0. The average molecular weight is 340 g/mol. The molecule has 2 heterocycles. The average Bonchev–Trinajstić information content (AvgIpc) is 2.80. The molecule has 0 aliphatic heterocycles. The van der Waals surface area contributed by atoms with Gasteiger partial charge in [-0.25, -0.2) is 4.98 Å². The van der Waals surface area contributed by atoms with Crippen molar-refractivity contribution in [1.29, 1.82) is 0 Å². The van der Waals surface area contributed by atoms with Gasteiger partial charge in [0.2, 0.25) is 5.89 Å². The van der Waals surface area contributed by atoms with E-state index in [0.29, 0.717) is 27.9 Å². The lowest BCUT2D eigenvalue weighted by Crippen LogP contribution is -1.95. The van der Waals surface area contributed by atoms with Gasteiger partial charge < -0.3 is 9.15 Å². The van der Waals surface area contributed by atoms with Gasteiger partial charge in [-0.15, -0.1) is 0 Å². The van der Waals surface area contributed by atoms with Gasteiger partial charge >= 0.3 is 0 Å². The zero-order valence-electron chi connectivity index (χ0n) is 9.64. The normalized spacial score (nSPS) is 10.8. The third kappa shape index (κ3) is 2.88. The monoisotopic (exact) mass is 338 g/mol. The van der Waals surface area contributed by atoms with Crippen molar-refractivity contribution in [1.82, 2.24) is 9.97 Å². The second kappa shape index (κ2) is 5.19. The van der Waals surface area contributed by atoms with E-state index in [2.05, 4.69) is 25.9 Å². The highest BCUT2D eigenvalue weighted by atomic mass is 79.9. The first kappa shape index (κ1) is 12.4. The van der Waals surface area contributed by atoms with E-state index in [9.17, 15) is 0 Å². The zero-order chi connectivity index (χ0) is 13.2. The summed E-state index contributed by atoms with van der Waals surface area (Å²) >= 11 is 9.09. The quantitative estimate of drug-likeness (QED) is 0.670. The Morgan fingerprint density at radius 2 is 1.89 bits per heavy atom. The summed E-state index contributed by atoms with van der Waals surface area (Å²) in [5.41, 5.74) is 1.20. The fraction of sp³-hybridized carbons (Fsp3) is 0.0769. The molecule has 96 valence electrons. The highest BCUT2D eigenvalue weighted by Crippen LogP contribution is 2.19. The molecule has 0 spiro atoms. The lowest BCUT2D eigenvalue weighted by Gasteiger charge is -2.02. The van der Waals surface area contributed by atoms with Crippen LogP contribution in [0, 0.1) is 0 Å². The predicted octanol–water partition coefficient (Wildman–Crippen LogP) is 4.22. The van der Waals surface area contributed by atoms with Crippen molar-refractivity contribution in [3.8, 4) is 5.75 Å². The summed E-state index contributed by atoms with van der Waals surface area (Å²) in [6, 6.07) is 10.7. The van der Waals surface area contributed by atoms with Crippen LogP contribution in [0.2, 0.25) is 5.02 Å². The number of fused-ring (bicyclic) bond motifs is 1. The summed E-state index contributed by atoms with van der Waals surface area (Å²) in [5.74, 6) is 1.19. The van der Waals surface area contributed by atoms with Crippen LogP contribution >= 0.6 is 27.5 Å². The number of pyridine rings is 1. The molecular weight excluding hydrogens is 332 g/mol. The van der Waals surface area contributed by atoms with Crippen LogP contribution < -0.4 is 4.74 Å². The van der Waals surface area contributed by atoms with E-state index in [0.717, 1.165) is 4.60 Å². The highest BCUT2D eigenvalue weighted by Gasteiger charge is 2.08. The summed E-state index contributed by atoms with van der Waals surface area (Å²) in [6.45, 7) is 0.246. The number of ether oxygens (including phenoxy) is 1. The van der Waals surface area contributed by atoms with Crippen LogP contribution in [-0.4, -0.2) is 9.97 Å². The SMILES string of the molecule is Clc1ccc(OCc2nc3nc(Br)ccc3o2)cc1. The van der Waals surface area contributed by atoms with Crippen molar-refractivity contribution in [2.45, 2.75) is 6.61 Å². The van der Waals surface area contributed by atoms with E-state index in [-0.39, 0.29) is 6.61 Å². The predicted molar refractivity (Wildman–Crippen MR) is 75.3 cm³/mol. The van der Waals surface area contributed by atoms with E-state index in [1.807, 2.05) is 6.07 Å². The van der Waals surface area contributed by atoms with E-state index in [1.165, 1.54) is 0 Å². The Kier molecular flexibility index (Phi) is 3.40. The topological polar surface area (TPSA) is 48.2 Å². The first-order valence-electron chi connectivity index (χ1n) is 5.51. The van der Waals surface area contributed by atoms with Crippen LogP contribution in [0.4, 0.5) is 0 Å². The Morgan fingerprint density at radius 1 is 1.11 bits per heavy atom. The molecule has 4 nitrogen and oxygen atoms in total. The number of halogens is 2. The van der Waals surface area contributed by atoms with E-state index < -0.39 is 0 Å². The van der Waals surface area contributed by atoms with Crippen LogP contribution in [0.3, 0.4) is 0 Å². The van der Waals surface area contributed by atoms with Crippen LogP contribution in [0.5, 0.6) is 5.75 Å². The molecule has 0 atom stereocenters. The summed E-state index contributed by atoms with van der Waals surface area (Å²) < 4.78 is 11.8. The Morgan fingerprint density at radius 3 is 2.68 bits per heavy atom. The first-order valence-corrected chi connectivity index (χ1v) is 6.68. The lowest BCUT2D eigenvalue weighted by atomic mass is 10.3. The van der Waals surface area contributed by atoms with E-state index in [4.69, 9.17) is 20.8 Å². The van der Waals surface area contributed by atoms with Gasteiger partial charge in [-0.2, -0.15) is 4.98 Å². The Labute approximate surface area is 122 Å². The molecule has 0 unspecified atom stereocenters. The summed E-state index contributed by atoms with van der Waals surface area (Å²) in [7, 11) is 0. The van der Waals surface area contributed by atoms with Gasteiger partial charge in [-0.3, -0.25) is 0 Å². The third-order valence-electron chi connectivity index (χ3n) is 2.44. The molecular formula is C13H8BrClN2O2. The number of hydrogen-bond acceptors (Lipinski definition) is 4. The molecule has 0 aliphatic rings. The van der Waals surface area contributed by atoms with Crippen molar-refractivity contribution in [3.63, 3.8) is 0 Å². The van der Waals surface area contributed by atoms with Crippen LogP contribution in [-0.2, 0) is 6.61 Å². The van der Waals surface area contributed by atoms with Gasteiger partial charge in [0.1, 0.15) is 10.4 Å². The fourth-order valence-corrected chi connectivity index (χ4v) is 2.00. The Bertz CT molecular complexity index is 712. The maximum absolute atomic E-state index is 5.80. The minimum Gasteiger partial charge on any atom is -0.484 e. The number of rotatable bonds is 3. The smallest absolute Gasteiger partial charge is 0.235 e. The number of nitrogens with zero attached hydrogens (tertiary/aromatic N) is 2. The lowest BCUT2D eigenvalue weighted by molar-refractivity contribution is 0.267. The van der Waals surface area contributed by atoms with Crippen molar-refractivity contribution in [3.05, 3.63) is 51.9 Å². The fourth-order valence-electron chi connectivity index (χ4n) is 1.58. The summed E-state index contributed by atoms with van der Waals surface area (Å²) in [4.78, 5) is 8.45.